The number of carbonyl (C=O) groups is 2. The van der Waals surface area contributed by atoms with Crippen LogP contribution in [-0.2, 0) is 21.5 Å². The Balaban J connectivity index is 2.67. The topological polar surface area (TPSA) is 66.4 Å². The summed E-state index contributed by atoms with van der Waals surface area (Å²) in [7, 11) is 0. The summed E-state index contributed by atoms with van der Waals surface area (Å²) in [6.07, 6.45) is -4.44. The van der Waals surface area contributed by atoms with Gasteiger partial charge in [-0.1, -0.05) is 18.2 Å². The van der Waals surface area contributed by atoms with Crippen LogP contribution in [0.4, 0.5) is 13.2 Å². The number of carbonyl (C=O) groups excluding carboxylic acids is 1. The van der Waals surface area contributed by atoms with E-state index in [1.807, 2.05) is 0 Å². The van der Waals surface area contributed by atoms with E-state index in [1.54, 1.807) is 0 Å². The molecule has 0 bridgehead atoms. The highest BCUT2D eigenvalue weighted by atomic mass is 32.2. The van der Waals surface area contributed by atoms with Crippen molar-refractivity contribution < 1.29 is 27.9 Å². The first-order chi connectivity index (χ1) is 9.71. The number of hydrogen-bond acceptors (Lipinski definition) is 3. The second kappa shape index (κ2) is 7.35. The summed E-state index contributed by atoms with van der Waals surface area (Å²) >= 11 is 1.02. The molecule has 1 amide bonds. The zero-order valence-electron chi connectivity index (χ0n) is 11.1. The largest absolute Gasteiger partial charge is 0.480 e. The number of thioether (sulfide) groups is 1. The molecule has 0 saturated heterocycles. The molecule has 0 aliphatic heterocycles. The van der Waals surface area contributed by atoms with Gasteiger partial charge in [-0.3, -0.25) is 4.79 Å². The van der Waals surface area contributed by atoms with E-state index in [4.69, 9.17) is 5.11 Å². The Hall–Kier alpha value is -1.70. The highest BCUT2D eigenvalue weighted by Gasteiger charge is 2.32. The van der Waals surface area contributed by atoms with Gasteiger partial charge in [-0.05, 0) is 11.6 Å². The molecule has 4 nitrogen and oxygen atoms in total. The molecule has 21 heavy (non-hydrogen) atoms. The van der Waals surface area contributed by atoms with Crippen molar-refractivity contribution in [3.05, 3.63) is 35.4 Å². The van der Waals surface area contributed by atoms with Gasteiger partial charge >= 0.3 is 12.1 Å². The van der Waals surface area contributed by atoms with Crippen LogP contribution in [0.25, 0.3) is 0 Å². The van der Waals surface area contributed by atoms with Crippen molar-refractivity contribution >= 4 is 23.6 Å². The molecule has 0 saturated carbocycles. The third-order valence-electron chi connectivity index (χ3n) is 2.54. The predicted molar refractivity (Wildman–Crippen MR) is 72.8 cm³/mol. The molecular weight excluding hydrogens is 307 g/mol. The fraction of sp³-hybridized carbons (Fsp3) is 0.385. The second-order valence-electron chi connectivity index (χ2n) is 4.26. The molecule has 0 aliphatic carbocycles. The fourth-order valence-corrected chi connectivity index (χ4v) is 2.68. The summed E-state index contributed by atoms with van der Waals surface area (Å²) in [5, 5.41) is 11.1. The maximum absolute atomic E-state index is 12.8. The first kappa shape index (κ1) is 17.4. The third-order valence-corrected chi connectivity index (χ3v) is 3.62. The van der Waals surface area contributed by atoms with E-state index in [1.165, 1.54) is 25.1 Å². The lowest BCUT2D eigenvalue weighted by molar-refractivity contribution is -0.140. The van der Waals surface area contributed by atoms with Crippen molar-refractivity contribution in [3.63, 3.8) is 0 Å². The van der Waals surface area contributed by atoms with E-state index < -0.39 is 29.7 Å². The molecule has 116 valence electrons. The zero-order chi connectivity index (χ0) is 16.0. The van der Waals surface area contributed by atoms with Crippen molar-refractivity contribution in [2.45, 2.75) is 24.9 Å². The Morgan fingerprint density at radius 2 is 1.95 bits per heavy atom. The molecule has 1 aromatic carbocycles. The highest BCUT2D eigenvalue weighted by molar-refractivity contribution is 7.98. The second-order valence-corrected chi connectivity index (χ2v) is 5.29. The van der Waals surface area contributed by atoms with Gasteiger partial charge in [0.15, 0.2) is 0 Å². The normalized spacial score (nSPS) is 12.8. The minimum Gasteiger partial charge on any atom is -0.480 e. The first-order valence-corrected chi connectivity index (χ1v) is 7.10. The van der Waals surface area contributed by atoms with Crippen molar-refractivity contribution in [2.75, 3.05) is 5.75 Å². The molecule has 1 unspecified atom stereocenters. The number of hydrogen-bond donors (Lipinski definition) is 2. The molecular formula is C13H14F3NO3S. The van der Waals surface area contributed by atoms with Crippen molar-refractivity contribution in [1.82, 2.24) is 5.32 Å². The smallest absolute Gasteiger partial charge is 0.416 e. The summed E-state index contributed by atoms with van der Waals surface area (Å²) in [6.45, 7) is 1.18. The van der Waals surface area contributed by atoms with Gasteiger partial charge in [-0.15, -0.1) is 0 Å². The van der Waals surface area contributed by atoms with Crippen LogP contribution in [0.3, 0.4) is 0 Å². The molecule has 1 aromatic rings. The van der Waals surface area contributed by atoms with Gasteiger partial charge in [0.1, 0.15) is 6.04 Å². The molecule has 0 aliphatic rings. The Morgan fingerprint density at radius 1 is 1.33 bits per heavy atom. The van der Waals surface area contributed by atoms with Gasteiger partial charge in [0, 0.05) is 18.4 Å². The van der Waals surface area contributed by atoms with Crippen LogP contribution in [0.2, 0.25) is 0 Å². The van der Waals surface area contributed by atoms with Gasteiger partial charge in [0.2, 0.25) is 5.91 Å². The quantitative estimate of drug-likeness (QED) is 0.845. The number of alkyl halides is 3. The predicted octanol–water partition coefficient (Wildman–Crippen LogP) is 2.53. The average Bonchev–Trinajstić information content (AvgIpc) is 2.36. The Bertz CT molecular complexity index is 520. The maximum Gasteiger partial charge on any atom is 0.416 e. The van der Waals surface area contributed by atoms with Crippen LogP contribution in [-0.4, -0.2) is 28.8 Å². The number of halogens is 3. The Morgan fingerprint density at radius 3 is 2.48 bits per heavy atom. The van der Waals surface area contributed by atoms with Crippen LogP contribution >= 0.6 is 11.8 Å². The van der Waals surface area contributed by atoms with Crippen LogP contribution < -0.4 is 5.32 Å². The summed E-state index contributed by atoms with van der Waals surface area (Å²) < 4.78 is 38.3. The summed E-state index contributed by atoms with van der Waals surface area (Å²) in [4.78, 5) is 21.7. The highest BCUT2D eigenvalue weighted by Crippen LogP contribution is 2.33. The Kier molecular flexibility index (Phi) is 6.07. The van der Waals surface area contributed by atoms with Gasteiger partial charge in [-0.2, -0.15) is 24.9 Å². The van der Waals surface area contributed by atoms with E-state index >= 15 is 0 Å². The average molecular weight is 321 g/mol. The monoisotopic (exact) mass is 321 g/mol. The molecule has 0 fully saturated rings. The number of rotatable bonds is 6. The molecule has 0 spiro atoms. The minimum absolute atomic E-state index is 0.0128. The van der Waals surface area contributed by atoms with Crippen LogP contribution in [0, 0.1) is 0 Å². The van der Waals surface area contributed by atoms with E-state index in [-0.39, 0.29) is 17.1 Å². The van der Waals surface area contributed by atoms with Crippen LogP contribution in [0.1, 0.15) is 18.1 Å². The number of amides is 1. The summed E-state index contributed by atoms with van der Waals surface area (Å²) in [6, 6.07) is 4.01. The van der Waals surface area contributed by atoms with Gasteiger partial charge in [0.25, 0.3) is 0 Å². The van der Waals surface area contributed by atoms with Gasteiger partial charge in [-0.25, -0.2) is 4.79 Å². The number of carboxylic acid groups (broad SMARTS) is 1. The molecule has 2 N–H and O–H groups in total. The lowest BCUT2D eigenvalue weighted by Gasteiger charge is -2.15. The number of aliphatic carboxylic acids is 1. The van der Waals surface area contributed by atoms with Crippen LogP contribution in [0.15, 0.2) is 24.3 Å². The Labute approximate surface area is 123 Å². The van der Waals surface area contributed by atoms with E-state index in [0.717, 1.165) is 17.8 Å². The van der Waals surface area contributed by atoms with Crippen LogP contribution in [0.5, 0.6) is 0 Å². The van der Waals surface area contributed by atoms with E-state index in [9.17, 15) is 22.8 Å². The third kappa shape index (κ3) is 5.66. The van der Waals surface area contributed by atoms with E-state index in [2.05, 4.69) is 5.32 Å². The molecule has 0 aromatic heterocycles. The van der Waals surface area contributed by atoms with Crippen molar-refractivity contribution in [3.8, 4) is 0 Å². The summed E-state index contributed by atoms with van der Waals surface area (Å²) in [5.41, 5.74) is -0.647. The molecule has 0 radical (unpaired) electrons. The maximum atomic E-state index is 12.8. The molecule has 1 atom stereocenters. The first-order valence-electron chi connectivity index (χ1n) is 5.94. The number of carboxylic acids is 1. The number of benzene rings is 1. The number of nitrogens with one attached hydrogen (secondary N) is 1. The van der Waals surface area contributed by atoms with E-state index in [0.29, 0.717) is 0 Å². The molecule has 8 heteroatoms. The van der Waals surface area contributed by atoms with Crippen molar-refractivity contribution in [1.29, 1.82) is 0 Å². The SMILES string of the molecule is CC(=O)NC(CSCc1ccccc1C(F)(F)F)C(=O)O. The summed E-state index contributed by atoms with van der Waals surface area (Å²) in [5.74, 6) is -1.72. The van der Waals surface area contributed by atoms with Gasteiger partial charge in [0.05, 0.1) is 5.56 Å². The minimum atomic E-state index is -4.44. The standard InChI is InChI=1S/C13H14F3NO3S/c1-8(18)17-11(12(19)20)7-21-6-9-4-2-3-5-10(9)13(14,15)16/h2-5,11H,6-7H2,1H3,(H,17,18)(H,19,20). The fourth-order valence-electron chi connectivity index (χ4n) is 1.63. The van der Waals surface area contributed by atoms with Gasteiger partial charge < -0.3 is 10.4 Å². The van der Waals surface area contributed by atoms with Crippen molar-refractivity contribution in [2.24, 2.45) is 0 Å². The lowest BCUT2D eigenvalue weighted by atomic mass is 10.1. The zero-order valence-corrected chi connectivity index (χ0v) is 11.9. The lowest BCUT2D eigenvalue weighted by Crippen LogP contribution is -2.41. The molecule has 1 rings (SSSR count). The molecule has 0 heterocycles.